The van der Waals surface area contributed by atoms with Crippen molar-refractivity contribution in [3.63, 3.8) is 0 Å². The molecule has 0 aromatic rings. The molecule has 0 aliphatic carbocycles. The molecule has 1 N–H and O–H groups in total. The van der Waals surface area contributed by atoms with Crippen molar-refractivity contribution in [3.8, 4) is 0 Å². The summed E-state index contributed by atoms with van der Waals surface area (Å²) in [5.74, 6) is 2.12. The smallest absolute Gasteiger partial charge is 0.239 e. The van der Waals surface area contributed by atoms with Crippen molar-refractivity contribution >= 4 is 17.7 Å². The highest BCUT2D eigenvalue weighted by Crippen LogP contribution is 2.21. The molecule has 1 amide bonds. The minimum absolute atomic E-state index is 0.0467. The summed E-state index contributed by atoms with van der Waals surface area (Å²) in [4.78, 5) is 14.4. The van der Waals surface area contributed by atoms with Crippen LogP contribution in [0.25, 0.3) is 0 Å². The topological polar surface area (TPSA) is 32.3 Å². The summed E-state index contributed by atoms with van der Waals surface area (Å²) >= 11 is 1.85. The summed E-state index contributed by atoms with van der Waals surface area (Å²) in [7, 11) is 1.95. The zero-order valence-electron chi connectivity index (χ0n) is 12.2. The fourth-order valence-electron chi connectivity index (χ4n) is 2.50. The number of rotatable bonds is 6. The van der Waals surface area contributed by atoms with Crippen LogP contribution in [0.5, 0.6) is 0 Å². The van der Waals surface area contributed by atoms with Gasteiger partial charge < -0.3 is 10.2 Å². The van der Waals surface area contributed by atoms with Crippen LogP contribution in [0.2, 0.25) is 0 Å². The van der Waals surface area contributed by atoms with Crippen LogP contribution < -0.4 is 5.32 Å². The fraction of sp³-hybridized carbons (Fsp3) is 0.929. The third-order valence-electron chi connectivity index (χ3n) is 4.14. The Hall–Kier alpha value is -0.220. The van der Waals surface area contributed by atoms with E-state index in [9.17, 15) is 4.79 Å². The van der Waals surface area contributed by atoms with Crippen LogP contribution in [0.1, 0.15) is 39.5 Å². The van der Waals surface area contributed by atoms with Crippen LogP contribution in [0.4, 0.5) is 0 Å². The Kier molecular flexibility index (Phi) is 7.08. The summed E-state index contributed by atoms with van der Waals surface area (Å²) in [6, 6.07) is 0.388. The van der Waals surface area contributed by atoms with E-state index in [2.05, 4.69) is 25.4 Å². The normalized spacial score (nSPS) is 25.8. The maximum atomic E-state index is 12.4. The van der Waals surface area contributed by atoms with Crippen molar-refractivity contribution < 1.29 is 4.79 Å². The molecule has 1 heterocycles. The van der Waals surface area contributed by atoms with E-state index in [1.807, 2.05) is 23.7 Å². The SMILES string of the molecule is CCC1CCNC(C(=O)N(C)C(C)CCSC)C1. The number of hydrogen-bond acceptors (Lipinski definition) is 3. The number of likely N-dealkylation sites (N-methyl/N-ethyl adjacent to an activating group) is 1. The van der Waals surface area contributed by atoms with Crippen LogP contribution in [-0.2, 0) is 4.79 Å². The molecule has 1 aliphatic heterocycles. The molecule has 0 radical (unpaired) electrons. The molecule has 1 aliphatic rings. The Morgan fingerprint density at radius 2 is 2.28 bits per heavy atom. The number of carbonyl (C=O) groups excluding carboxylic acids is 1. The van der Waals surface area contributed by atoms with Crippen molar-refractivity contribution in [3.05, 3.63) is 0 Å². The third kappa shape index (κ3) is 4.47. The summed E-state index contributed by atoms with van der Waals surface area (Å²) in [6.07, 6.45) is 6.61. The molecule has 3 nitrogen and oxygen atoms in total. The van der Waals surface area contributed by atoms with Gasteiger partial charge in [-0.1, -0.05) is 13.3 Å². The van der Waals surface area contributed by atoms with Gasteiger partial charge in [-0.3, -0.25) is 4.79 Å². The lowest BCUT2D eigenvalue weighted by atomic mass is 9.90. The number of thioether (sulfide) groups is 1. The fourth-order valence-corrected chi connectivity index (χ4v) is 3.08. The first kappa shape index (κ1) is 15.8. The van der Waals surface area contributed by atoms with Gasteiger partial charge in [-0.25, -0.2) is 0 Å². The van der Waals surface area contributed by atoms with Gasteiger partial charge in [0.05, 0.1) is 6.04 Å². The van der Waals surface area contributed by atoms with E-state index < -0.39 is 0 Å². The highest BCUT2D eigenvalue weighted by Gasteiger charge is 2.29. The molecule has 18 heavy (non-hydrogen) atoms. The first-order valence-electron chi connectivity index (χ1n) is 7.09. The predicted molar refractivity (Wildman–Crippen MR) is 80.0 cm³/mol. The first-order chi connectivity index (χ1) is 8.60. The highest BCUT2D eigenvalue weighted by atomic mass is 32.2. The average molecular weight is 272 g/mol. The molecule has 4 heteroatoms. The van der Waals surface area contributed by atoms with Crippen LogP contribution >= 0.6 is 11.8 Å². The second kappa shape index (κ2) is 8.05. The maximum absolute atomic E-state index is 12.4. The standard InChI is InChI=1S/C14H28N2OS/c1-5-12-6-8-15-13(10-12)14(17)16(3)11(2)7-9-18-4/h11-13,15H,5-10H2,1-4H3. The molecular formula is C14H28N2OS. The lowest BCUT2D eigenvalue weighted by Gasteiger charge is -2.34. The van der Waals surface area contributed by atoms with E-state index in [4.69, 9.17) is 0 Å². The van der Waals surface area contributed by atoms with E-state index in [0.29, 0.717) is 6.04 Å². The first-order valence-corrected chi connectivity index (χ1v) is 8.48. The molecule has 0 aromatic carbocycles. The summed E-state index contributed by atoms with van der Waals surface area (Å²) < 4.78 is 0. The van der Waals surface area contributed by atoms with E-state index in [1.54, 1.807) is 0 Å². The van der Waals surface area contributed by atoms with Gasteiger partial charge in [0.2, 0.25) is 5.91 Å². The van der Waals surface area contributed by atoms with Gasteiger partial charge in [-0.2, -0.15) is 11.8 Å². The van der Waals surface area contributed by atoms with Gasteiger partial charge in [-0.05, 0) is 50.7 Å². The van der Waals surface area contributed by atoms with Crippen molar-refractivity contribution in [1.82, 2.24) is 10.2 Å². The molecule has 0 aromatic heterocycles. The lowest BCUT2D eigenvalue weighted by molar-refractivity contribution is -0.135. The molecule has 0 saturated carbocycles. The Morgan fingerprint density at radius 1 is 1.56 bits per heavy atom. The summed E-state index contributed by atoms with van der Waals surface area (Å²) in [6.45, 7) is 5.36. The largest absolute Gasteiger partial charge is 0.342 e. The van der Waals surface area contributed by atoms with E-state index in [1.165, 1.54) is 12.8 Å². The Morgan fingerprint density at radius 3 is 2.89 bits per heavy atom. The number of hydrogen-bond donors (Lipinski definition) is 1. The summed E-state index contributed by atoms with van der Waals surface area (Å²) in [5, 5.41) is 3.38. The molecule has 1 saturated heterocycles. The molecule has 1 fully saturated rings. The summed E-state index contributed by atoms with van der Waals surface area (Å²) in [5.41, 5.74) is 0. The monoisotopic (exact) mass is 272 g/mol. The van der Waals surface area contributed by atoms with Crippen LogP contribution in [0.3, 0.4) is 0 Å². The average Bonchev–Trinajstić information content (AvgIpc) is 2.43. The minimum atomic E-state index is 0.0467. The van der Waals surface area contributed by atoms with Gasteiger partial charge in [0.15, 0.2) is 0 Å². The molecule has 3 unspecified atom stereocenters. The molecule has 1 rings (SSSR count). The van der Waals surface area contributed by atoms with Gasteiger partial charge >= 0.3 is 0 Å². The van der Waals surface area contributed by atoms with Crippen LogP contribution in [-0.4, -0.2) is 48.5 Å². The van der Waals surface area contributed by atoms with Gasteiger partial charge in [0.25, 0.3) is 0 Å². The Labute approximate surface area is 116 Å². The second-order valence-corrected chi connectivity index (χ2v) is 6.37. The van der Waals surface area contributed by atoms with E-state index in [-0.39, 0.29) is 11.9 Å². The maximum Gasteiger partial charge on any atom is 0.239 e. The van der Waals surface area contributed by atoms with Crippen molar-refractivity contribution in [1.29, 1.82) is 0 Å². The number of piperidine rings is 1. The molecular weight excluding hydrogens is 244 g/mol. The predicted octanol–water partition coefficient (Wildman–Crippen LogP) is 2.36. The van der Waals surface area contributed by atoms with Crippen molar-refractivity contribution in [2.24, 2.45) is 5.92 Å². The van der Waals surface area contributed by atoms with Crippen LogP contribution in [0.15, 0.2) is 0 Å². The number of nitrogens with one attached hydrogen (secondary N) is 1. The zero-order chi connectivity index (χ0) is 13.5. The lowest BCUT2D eigenvalue weighted by Crippen LogP contribution is -2.51. The third-order valence-corrected chi connectivity index (χ3v) is 4.78. The van der Waals surface area contributed by atoms with Gasteiger partial charge in [0, 0.05) is 13.1 Å². The van der Waals surface area contributed by atoms with E-state index >= 15 is 0 Å². The van der Waals surface area contributed by atoms with E-state index in [0.717, 1.165) is 31.1 Å². The van der Waals surface area contributed by atoms with Gasteiger partial charge in [0.1, 0.15) is 0 Å². The molecule has 106 valence electrons. The molecule has 0 bridgehead atoms. The van der Waals surface area contributed by atoms with Crippen molar-refractivity contribution in [2.75, 3.05) is 25.6 Å². The van der Waals surface area contributed by atoms with Crippen molar-refractivity contribution in [2.45, 2.75) is 51.6 Å². The van der Waals surface area contributed by atoms with Crippen LogP contribution in [0, 0.1) is 5.92 Å². The molecule has 0 spiro atoms. The minimum Gasteiger partial charge on any atom is -0.342 e. The number of nitrogens with zero attached hydrogens (tertiary/aromatic N) is 1. The molecule has 3 atom stereocenters. The Bertz CT molecular complexity index is 260. The number of amides is 1. The number of carbonyl (C=O) groups is 1. The zero-order valence-corrected chi connectivity index (χ0v) is 13.1. The second-order valence-electron chi connectivity index (χ2n) is 5.38. The quantitative estimate of drug-likeness (QED) is 0.805. The highest BCUT2D eigenvalue weighted by molar-refractivity contribution is 7.98. The Balaban J connectivity index is 2.46. The van der Waals surface area contributed by atoms with Gasteiger partial charge in [-0.15, -0.1) is 0 Å².